The summed E-state index contributed by atoms with van der Waals surface area (Å²) in [4.78, 5) is 0.328. The lowest BCUT2D eigenvalue weighted by Gasteiger charge is -2.43. The molecule has 4 heteroatoms. The van der Waals surface area contributed by atoms with Crippen LogP contribution in [0.5, 0.6) is 5.75 Å². The largest absolute Gasteiger partial charge is 0.508 e. The molecule has 34 heavy (non-hydrogen) atoms. The molecule has 4 rings (SSSR count). The van der Waals surface area contributed by atoms with Gasteiger partial charge in [0.05, 0.1) is 4.90 Å². The Kier molecular flexibility index (Phi) is 6.24. The Labute approximate surface area is 204 Å². The third-order valence-corrected chi connectivity index (χ3v) is 7.77. The van der Waals surface area contributed by atoms with Crippen LogP contribution in [0.15, 0.2) is 83.3 Å². The molecule has 1 aliphatic rings. The van der Waals surface area contributed by atoms with Gasteiger partial charge in [-0.15, -0.1) is 0 Å². The van der Waals surface area contributed by atoms with Crippen molar-refractivity contribution in [3.8, 4) is 16.9 Å². The number of phenolic OH excluding ortho intramolecular Hbond substituents is 1. The maximum absolute atomic E-state index is 11.8. The molecule has 1 aliphatic carbocycles. The highest BCUT2D eigenvalue weighted by Gasteiger charge is 2.37. The quantitative estimate of drug-likeness (QED) is 0.426. The molecule has 3 aromatic carbocycles. The van der Waals surface area contributed by atoms with Gasteiger partial charge in [0.25, 0.3) is 0 Å². The van der Waals surface area contributed by atoms with Gasteiger partial charge in [0.1, 0.15) is 5.75 Å². The smallest absolute Gasteiger partial charge is 0.175 e. The van der Waals surface area contributed by atoms with Crippen LogP contribution >= 0.6 is 0 Å². The molecule has 3 aromatic rings. The summed E-state index contributed by atoms with van der Waals surface area (Å²) >= 11 is 0. The molecule has 0 radical (unpaired) electrons. The van der Waals surface area contributed by atoms with Crippen LogP contribution in [0.4, 0.5) is 0 Å². The van der Waals surface area contributed by atoms with Crippen LogP contribution in [-0.2, 0) is 9.84 Å². The summed E-state index contributed by atoms with van der Waals surface area (Å²) in [5, 5.41) is 9.86. The van der Waals surface area contributed by atoms with Crippen molar-refractivity contribution in [3.05, 3.63) is 89.5 Å². The summed E-state index contributed by atoms with van der Waals surface area (Å²) in [5.41, 5.74) is 7.45. The Morgan fingerprint density at radius 1 is 0.706 bits per heavy atom. The lowest BCUT2D eigenvalue weighted by Crippen LogP contribution is -2.30. The van der Waals surface area contributed by atoms with Crippen molar-refractivity contribution in [3.63, 3.8) is 0 Å². The molecule has 0 bridgehead atoms. The van der Waals surface area contributed by atoms with Gasteiger partial charge < -0.3 is 5.11 Å². The van der Waals surface area contributed by atoms with Crippen molar-refractivity contribution in [2.75, 3.05) is 6.26 Å². The zero-order valence-corrected chi connectivity index (χ0v) is 21.5. The van der Waals surface area contributed by atoms with Gasteiger partial charge in [0, 0.05) is 6.26 Å². The Hall–Kier alpha value is -2.85. The number of sulfone groups is 1. The van der Waals surface area contributed by atoms with E-state index in [1.54, 1.807) is 24.3 Å². The summed E-state index contributed by atoms with van der Waals surface area (Å²) in [7, 11) is -3.21. The van der Waals surface area contributed by atoms with E-state index < -0.39 is 9.84 Å². The molecule has 0 atom stereocenters. The number of rotatable bonds is 4. The van der Waals surface area contributed by atoms with E-state index in [0.717, 1.165) is 35.1 Å². The average Bonchev–Trinajstić information content (AvgIpc) is 2.73. The highest BCUT2D eigenvalue weighted by Crippen LogP contribution is 2.51. The molecule has 0 aromatic heterocycles. The first-order valence-corrected chi connectivity index (χ1v) is 13.6. The van der Waals surface area contributed by atoms with Gasteiger partial charge in [-0.05, 0) is 82.2 Å². The fraction of sp³-hybridized carbons (Fsp3) is 0.333. The van der Waals surface area contributed by atoms with Crippen LogP contribution < -0.4 is 0 Å². The number of hydrogen-bond acceptors (Lipinski definition) is 3. The molecular formula is C30H34O3S. The van der Waals surface area contributed by atoms with E-state index in [-0.39, 0.29) is 16.6 Å². The van der Waals surface area contributed by atoms with Gasteiger partial charge in [-0.1, -0.05) is 81.8 Å². The first kappa shape index (κ1) is 24.3. The van der Waals surface area contributed by atoms with Crippen molar-refractivity contribution in [2.45, 2.75) is 51.9 Å². The van der Waals surface area contributed by atoms with Crippen molar-refractivity contribution in [1.29, 1.82) is 0 Å². The van der Waals surface area contributed by atoms with Crippen LogP contribution in [0.2, 0.25) is 0 Å². The summed E-state index contributed by atoms with van der Waals surface area (Å²) in [6.45, 7) is 9.41. The van der Waals surface area contributed by atoms with E-state index in [1.165, 1.54) is 23.8 Å². The molecule has 1 fully saturated rings. The van der Waals surface area contributed by atoms with Crippen LogP contribution in [0.25, 0.3) is 16.7 Å². The molecule has 0 amide bonds. The second-order valence-corrected chi connectivity index (χ2v) is 13.3. The Bertz CT molecular complexity index is 1290. The number of benzene rings is 3. The standard InChI is InChI=1S/C30H34O3S/c1-29(2)18-25(19-30(3,4)20-29)28(24-10-14-26(31)15-11-24)23-8-6-21(7-9-23)22-12-16-27(17-13-22)34(5,32)33/h6-17,31H,18-20H2,1-5H3. The average molecular weight is 475 g/mol. The summed E-state index contributed by atoms with van der Waals surface area (Å²) in [5.74, 6) is 0.269. The molecule has 178 valence electrons. The fourth-order valence-corrected chi connectivity index (χ4v) is 6.37. The summed E-state index contributed by atoms with van der Waals surface area (Å²) < 4.78 is 23.6. The number of hydrogen-bond donors (Lipinski definition) is 1. The molecule has 0 heterocycles. The number of aromatic hydroxyl groups is 1. The second kappa shape index (κ2) is 8.74. The molecule has 0 spiro atoms. The first-order chi connectivity index (χ1) is 15.8. The van der Waals surface area contributed by atoms with Gasteiger partial charge >= 0.3 is 0 Å². The molecular weight excluding hydrogens is 440 g/mol. The van der Waals surface area contributed by atoms with Crippen molar-refractivity contribution in [1.82, 2.24) is 0 Å². The molecule has 0 unspecified atom stereocenters. The van der Waals surface area contributed by atoms with Crippen LogP contribution in [-0.4, -0.2) is 19.8 Å². The minimum atomic E-state index is -3.21. The molecule has 0 saturated heterocycles. The predicted octanol–water partition coefficient (Wildman–Crippen LogP) is 7.50. The molecule has 1 saturated carbocycles. The lowest BCUT2D eigenvalue weighted by molar-refractivity contribution is 0.154. The van der Waals surface area contributed by atoms with Gasteiger partial charge in [-0.3, -0.25) is 0 Å². The van der Waals surface area contributed by atoms with Crippen LogP contribution in [0.3, 0.4) is 0 Å². The van der Waals surface area contributed by atoms with Crippen LogP contribution in [0.1, 0.15) is 58.1 Å². The third kappa shape index (κ3) is 5.44. The zero-order chi connectivity index (χ0) is 24.7. The van der Waals surface area contributed by atoms with Crippen molar-refractivity contribution >= 4 is 15.4 Å². The van der Waals surface area contributed by atoms with Crippen molar-refractivity contribution in [2.24, 2.45) is 10.8 Å². The maximum Gasteiger partial charge on any atom is 0.175 e. The number of allylic oxidation sites excluding steroid dienone is 1. The highest BCUT2D eigenvalue weighted by molar-refractivity contribution is 7.90. The lowest BCUT2D eigenvalue weighted by atomic mass is 9.62. The topological polar surface area (TPSA) is 54.4 Å². The van der Waals surface area contributed by atoms with E-state index in [9.17, 15) is 13.5 Å². The Morgan fingerprint density at radius 3 is 1.56 bits per heavy atom. The third-order valence-electron chi connectivity index (χ3n) is 6.64. The van der Waals surface area contributed by atoms with E-state index in [0.29, 0.717) is 4.90 Å². The Balaban J connectivity index is 1.78. The Morgan fingerprint density at radius 2 is 1.12 bits per heavy atom. The molecule has 0 aliphatic heterocycles. The van der Waals surface area contributed by atoms with Gasteiger partial charge in [0.15, 0.2) is 9.84 Å². The second-order valence-electron chi connectivity index (χ2n) is 11.3. The number of phenols is 1. The van der Waals surface area contributed by atoms with E-state index in [2.05, 4.69) is 52.0 Å². The molecule has 1 N–H and O–H groups in total. The monoisotopic (exact) mass is 474 g/mol. The minimum absolute atomic E-state index is 0.223. The zero-order valence-electron chi connectivity index (χ0n) is 20.7. The predicted molar refractivity (Wildman–Crippen MR) is 141 cm³/mol. The first-order valence-electron chi connectivity index (χ1n) is 11.8. The van der Waals surface area contributed by atoms with Gasteiger partial charge in [0.2, 0.25) is 0 Å². The minimum Gasteiger partial charge on any atom is -0.508 e. The summed E-state index contributed by atoms with van der Waals surface area (Å²) in [6, 6.07) is 23.1. The van der Waals surface area contributed by atoms with Gasteiger partial charge in [-0.2, -0.15) is 0 Å². The highest BCUT2D eigenvalue weighted by atomic mass is 32.2. The normalized spacial score (nSPS) is 17.4. The fourth-order valence-electron chi connectivity index (χ4n) is 5.74. The van der Waals surface area contributed by atoms with Gasteiger partial charge in [-0.25, -0.2) is 8.42 Å². The van der Waals surface area contributed by atoms with Crippen LogP contribution in [0, 0.1) is 10.8 Å². The summed E-state index contributed by atoms with van der Waals surface area (Å²) in [6.07, 6.45) is 4.50. The SMILES string of the molecule is CC1(C)CC(=C(c2ccc(O)cc2)c2ccc(-c3ccc(S(C)(=O)=O)cc3)cc2)CC(C)(C)C1. The molecule has 3 nitrogen and oxygen atoms in total. The van der Waals surface area contributed by atoms with Crippen molar-refractivity contribution < 1.29 is 13.5 Å². The maximum atomic E-state index is 11.8. The van der Waals surface area contributed by atoms with E-state index >= 15 is 0 Å². The van der Waals surface area contributed by atoms with E-state index in [4.69, 9.17) is 0 Å². The van der Waals surface area contributed by atoms with E-state index in [1.807, 2.05) is 24.3 Å².